The first-order chi connectivity index (χ1) is 9.90. The van der Waals surface area contributed by atoms with Crippen LogP contribution in [0.5, 0.6) is 0 Å². The van der Waals surface area contributed by atoms with Crippen molar-refractivity contribution in [3.05, 3.63) is 67.4 Å². The molecule has 4 nitrogen and oxygen atoms in total. The van der Waals surface area contributed by atoms with Crippen LogP contribution < -0.4 is 5.32 Å². The van der Waals surface area contributed by atoms with Gasteiger partial charge < -0.3 is 5.32 Å². The normalized spacial score (nSPS) is 10.5. The average Bonchev–Trinajstić information content (AvgIpc) is 2.42. The molecule has 1 N–H and O–H groups in total. The third-order valence-corrected chi connectivity index (χ3v) is 3.96. The summed E-state index contributed by atoms with van der Waals surface area (Å²) in [6.07, 6.45) is 0. The molecule has 0 atom stereocenters. The quantitative estimate of drug-likeness (QED) is 0.639. The molecule has 0 radical (unpaired) electrons. The van der Waals surface area contributed by atoms with Crippen LogP contribution in [0.1, 0.15) is 16.7 Å². The lowest BCUT2D eigenvalue weighted by molar-refractivity contribution is -0.385. The van der Waals surface area contributed by atoms with E-state index in [9.17, 15) is 14.5 Å². The molecule has 0 aliphatic heterocycles. The van der Waals surface area contributed by atoms with Crippen LogP contribution >= 0.6 is 15.9 Å². The summed E-state index contributed by atoms with van der Waals surface area (Å²) in [5.74, 6) is -0.348. The molecule has 0 bridgehead atoms. The largest absolute Gasteiger partial charge is 0.381 e. The topological polar surface area (TPSA) is 55.2 Å². The van der Waals surface area contributed by atoms with Gasteiger partial charge in [0, 0.05) is 23.9 Å². The number of nitrogens with zero attached hydrogens (tertiary/aromatic N) is 1. The number of benzene rings is 2. The Bertz CT molecular complexity index is 704. The number of hydrogen-bond donors (Lipinski definition) is 1. The van der Waals surface area contributed by atoms with Crippen molar-refractivity contribution in [3.8, 4) is 0 Å². The number of nitro benzene ring substituents is 1. The van der Waals surface area contributed by atoms with Crippen LogP contribution in [0.25, 0.3) is 0 Å². The zero-order valence-corrected chi connectivity index (χ0v) is 13.2. The molecule has 0 unspecified atom stereocenters. The molecule has 0 saturated heterocycles. The fraction of sp³-hybridized carbons (Fsp3) is 0.200. The smallest absolute Gasteiger partial charge is 0.272 e. The molecule has 0 amide bonds. The van der Waals surface area contributed by atoms with E-state index < -0.39 is 4.92 Å². The van der Waals surface area contributed by atoms with Crippen LogP contribution in [0.15, 0.2) is 34.8 Å². The molecule has 0 fully saturated rings. The van der Waals surface area contributed by atoms with Gasteiger partial charge in [-0.1, -0.05) is 12.1 Å². The summed E-state index contributed by atoms with van der Waals surface area (Å²) in [7, 11) is 0. The van der Waals surface area contributed by atoms with Crippen LogP contribution in [0.3, 0.4) is 0 Å². The van der Waals surface area contributed by atoms with Crippen molar-refractivity contribution in [3.63, 3.8) is 0 Å². The Hall–Kier alpha value is -1.95. The van der Waals surface area contributed by atoms with E-state index in [2.05, 4.69) is 21.2 Å². The molecule has 0 aliphatic carbocycles. The van der Waals surface area contributed by atoms with Crippen LogP contribution in [0.4, 0.5) is 15.8 Å². The van der Waals surface area contributed by atoms with E-state index in [0.717, 1.165) is 11.1 Å². The molecule has 6 heteroatoms. The molecule has 21 heavy (non-hydrogen) atoms. The maximum absolute atomic E-state index is 13.6. The zero-order valence-electron chi connectivity index (χ0n) is 11.6. The predicted molar refractivity (Wildman–Crippen MR) is 84.0 cm³/mol. The number of nitro groups is 1. The van der Waals surface area contributed by atoms with E-state index in [4.69, 9.17) is 0 Å². The highest BCUT2D eigenvalue weighted by atomic mass is 79.9. The number of halogens is 2. The van der Waals surface area contributed by atoms with Crippen molar-refractivity contribution in [2.75, 3.05) is 5.32 Å². The van der Waals surface area contributed by atoms with E-state index in [1.54, 1.807) is 19.1 Å². The third kappa shape index (κ3) is 3.39. The number of hydrogen-bond acceptors (Lipinski definition) is 3. The Morgan fingerprint density at radius 1 is 1.33 bits per heavy atom. The van der Waals surface area contributed by atoms with Crippen LogP contribution in [-0.4, -0.2) is 4.92 Å². The number of anilines is 1. The van der Waals surface area contributed by atoms with E-state index in [1.807, 2.05) is 13.0 Å². The fourth-order valence-corrected chi connectivity index (χ4v) is 2.54. The molecule has 2 aromatic carbocycles. The Labute approximate surface area is 130 Å². The first-order valence-electron chi connectivity index (χ1n) is 6.32. The summed E-state index contributed by atoms with van der Waals surface area (Å²) in [5.41, 5.74) is 3.08. The first kappa shape index (κ1) is 15.4. The standard InChI is InChI=1S/C15H14BrFN2O2/c1-9-6-12(16)13(17)7-14(9)18-8-11-4-3-5-15(10(11)2)19(20)21/h3-7,18H,8H2,1-2H3. The molecular formula is C15H14BrFN2O2. The second-order valence-corrected chi connectivity index (χ2v) is 5.61. The van der Waals surface area contributed by atoms with Gasteiger partial charge in [0.25, 0.3) is 5.69 Å². The van der Waals surface area contributed by atoms with Crippen molar-refractivity contribution in [2.45, 2.75) is 20.4 Å². The second-order valence-electron chi connectivity index (χ2n) is 4.75. The fourth-order valence-electron chi connectivity index (χ4n) is 2.09. The highest BCUT2D eigenvalue weighted by Gasteiger charge is 2.13. The zero-order chi connectivity index (χ0) is 15.6. The molecule has 0 heterocycles. The van der Waals surface area contributed by atoms with Crippen molar-refractivity contribution in [1.82, 2.24) is 0 Å². The average molecular weight is 353 g/mol. The molecule has 110 valence electrons. The first-order valence-corrected chi connectivity index (χ1v) is 7.12. The van der Waals surface area contributed by atoms with E-state index in [-0.39, 0.29) is 11.5 Å². The van der Waals surface area contributed by atoms with E-state index >= 15 is 0 Å². The van der Waals surface area contributed by atoms with Gasteiger partial charge >= 0.3 is 0 Å². The molecule has 2 rings (SSSR count). The Kier molecular flexibility index (Phi) is 4.57. The second kappa shape index (κ2) is 6.22. The maximum atomic E-state index is 13.6. The van der Waals surface area contributed by atoms with Gasteiger partial charge in [-0.25, -0.2) is 4.39 Å². The number of rotatable bonds is 4. The predicted octanol–water partition coefficient (Wildman–Crippen LogP) is 4.73. The maximum Gasteiger partial charge on any atom is 0.272 e. The monoisotopic (exact) mass is 352 g/mol. The van der Waals surface area contributed by atoms with Gasteiger partial charge in [-0.05, 0) is 53.0 Å². The summed E-state index contributed by atoms with van der Waals surface area (Å²) in [6, 6.07) is 8.05. The van der Waals surface area contributed by atoms with Crippen molar-refractivity contribution >= 4 is 27.3 Å². The summed E-state index contributed by atoms with van der Waals surface area (Å²) >= 11 is 3.14. The van der Waals surface area contributed by atoms with Gasteiger partial charge in [-0.2, -0.15) is 0 Å². The summed E-state index contributed by atoms with van der Waals surface area (Å²) in [6.45, 7) is 3.98. The highest BCUT2D eigenvalue weighted by molar-refractivity contribution is 9.10. The minimum Gasteiger partial charge on any atom is -0.381 e. The summed E-state index contributed by atoms with van der Waals surface area (Å²) < 4.78 is 14.0. The molecular weight excluding hydrogens is 339 g/mol. The summed E-state index contributed by atoms with van der Waals surface area (Å²) in [4.78, 5) is 10.5. The van der Waals surface area contributed by atoms with E-state index in [1.165, 1.54) is 12.1 Å². The van der Waals surface area contributed by atoms with Crippen molar-refractivity contribution in [1.29, 1.82) is 0 Å². The van der Waals surface area contributed by atoms with Crippen LogP contribution in [0.2, 0.25) is 0 Å². The molecule has 0 aromatic heterocycles. The SMILES string of the molecule is Cc1cc(Br)c(F)cc1NCc1cccc([N+](=O)[O-])c1C. The Morgan fingerprint density at radius 3 is 2.71 bits per heavy atom. The van der Waals surface area contributed by atoms with Crippen LogP contribution in [0, 0.1) is 29.8 Å². The van der Waals surface area contributed by atoms with Crippen LogP contribution in [-0.2, 0) is 6.54 Å². The molecule has 0 saturated carbocycles. The minimum absolute atomic E-state index is 0.0907. The molecule has 0 spiro atoms. The number of nitrogens with one attached hydrogen (secondary N) is 1. The van der Waals surface area contributed by atoms with Crippen molar-refractivity contribution in [2.24, 2.45) is 0 Å². The lowest BCUT2D eigenvalue weighted by atomic mass is 10.1. The van der Waals surface area contributed by atoms with Gasteiger partial charge in [0.1, 0.15) is 5.82 Å². The molecule has 0 aliphatic rings. The Balaban J connectivity index is 2.23. The lowest BCUT2D eigenvalue weighted by Gasteiger charge is -2.12. The summed E-state index contributed by atoms with van der Waals surface area (Å²) in [5, 5.41) is 14.0. The Morgan fingerprint density at radius 2 is 2.05 bits per heavy atom. The highest BCUT2D eigenvalue weighted by Crippen LogP contribution is 2.26. The van der Waals surface area contributed by atoms with Gasteiger partial charge in [0.2, 0.25) is 0 Å². The molecule has 2 aromatic rings. The minimum atomic E-state index is -0.399. The van der Waals surface area contributed by atoms with E-state index in [0.29, 0.717) is 22.3 Å². The number of aryl methyl sites for hydroxylation is 1. The van der Waals surface area contributed by atoms with Gasteiger partial charge in [0.05, 0.1) is 9.40 Å². The van der Waals surface area contributed by atoms with Gasteiger partial charge in [-0.15, -0.1) is 0 Å². The third-order valence-electron chi connectivity index (χ3n) is 3.35. The van der Waals surface area contributed by atoms with Crippen molar-refractivity contribution < 1.29 is 9.31 Å². The van der Waals surface area contributed by atoms with Gasteiger partial charge in [0.15, 0.2) is 0 Å². The lowest BCUT2D eigenvalue weighted by Crippen LogP contribution is -2.05. The van der Waals surface area contributed by atoms with Gasteiger partial charge in [-0.3, -0.25) is 10.1 Å².